The van der Waals surface area contributed by atoms with Crippen molar-refractivity contribution in [3.8, 4) is 10.4 Å². The van der Waals surface area contributed by atoms with Gasteiger partial charge < -0.3 is 24.8 Å². The molecule has 234 valence electrons. The van der Waals surface area contributed by atoms with Crippen molar-refractivity contribution < 1.29 is 29.0 Å². The molecule has 1 saturated carbocycles. The van der Waals surface area contributed by atoms with Crippen LogP contribution in [0, 0.1) is 12.3 Å². The number of rotatable bonds is 8. The Hall–Kier alpha value is -3.68. The van der Waals surface area contributed by atoms with Gasteiger partial charge in [0, 0.05) is 24.3 Å². The summed E-state index contributed by atoms with van der Waals surface area (Å²) in [6.07, 6.45) is 1.18. The molecule has 44 heavy (non-hydrogen) atoms. The molecular formula is C31H38N6O6S. The normalized spacial score (nSPS) is 23.5. The first-order valence-electron chi connectivity index (χ1n) is 14.9. The largest absolute Gasteiger partial charge is 0.469 e. The second-order valence-corrected chi connectivity index (χ2v) is 13.5. The summed E-state index contributed by atoms with van der Waals surface area (Å²) < 4.78 is 12.6. The van der Waals surface area contributed by atoms with Crippen LogP contribution in [0.5, 0.6) is 0 Å². The molecule has 1 aliphatic carbocycles. The Morgan fingerprint density at radius 2 is 1.98 bits per heavy atom. The second kappa shape index (κ2) is 12.0. The summed E-state index contributed by atoms with van der Waals surface area (Å²) in [5.41, 5.74) is 5.44. The number of β-amino-alcohol motifs (C(OH)–C–C–N with tert-alkyl or cyclic N) is 1. The number of benzene rings is 1. The number of nitrogens with one attached hydrogen (secondary N) is 1. The zero-order chi connectivity index (χ0) is 31.2. The van der Waals surface area contributed by atoms with E-state index in [-0.39, 0.29) is 25.3 Å². The van der Waals surface area contributed by atoms with Gasteiger partial charge in [-0.2, -0.15) is 0 Å². The van der Waals surface area contributed by atoms with Crippen molar-refractivity contribution in [2.75, 3.05) is 20.3 Å². The molecule has 0 bridgehead atoms. The Kier molecular flexibility index (Phi) is 8.29. The topological polar surface area (TPSA) is 149 Å². The van der Waals surface area contributed by atoms with Crippen molar-refractivity contribution in [2.45, 2.75) is 83.2 Å². The molecule has 2 aliphatic heterocycles. The van der Waals surface area contributed by atoms with Crippen LogP contribution in [0.3, 0.4) is 0 Å². The second-order valence-electron chi connectivity index (χ2n) is 12.7. The van der Waals surface area contributed by atoms with Gasteiger partial charge in [-0.3, -0.25) is 14.4 Å². The van der Waals surface area contributed by atoms with E-state index in [1.165, 1.54) is 12.0 Å². The van der Waals surface area contributed by atoms with Crippen LogP contribution in [0.4, 0.5) is 0 Å². The first kappa shape index (κ1) is 30.4. The van der Waals surface area contributed by atoms with Crippen LogP contribution < -0.4 is 5.32 Å². The van der Waals surface area contributed by atoms with Crippen LogP contribution in [0.15, 0.2) is 29.8 Å². The minimum atomic E-state index is -0.938. The summed E-state index contributed by atoms with van der Waals surface area (Å²) in [4.78, 5) is 47.4. The van der Waals surface area contributed by atoms with E-state index >= 15 is 0 Å². The zero-order valence-electron chi connectivity index (χ0n) is 25.4. The van der Waals surface area contributed by atoms with Crippen LogP contribution in [-0.2, 0) is 30.5 Å². The van der Waals surface area contributed by atoms with Gasteiger partial charge in [-0.05, 0) is 30.9 Å². The molecule has 4 atom stereocenters. The van der Waals surface area contributed by atoms with Crippen LogP contribution >= 0.6 is 11.3 Å². The highest BCUT2D eigenvalue weighted by Crippen LogP contribution is 2.44. The first-order valence-corrected chi connectivity index (χ1v) is 15.8. The number of amides is 2. The molecule has 1 aromatic carbocycles. The van der Waals surface area contributed by atoms with Crippen molar-refractivity contribution in [1.29, 1.82) is 0 Å². The number of hydrogen-bond acceptors (Lipinski definition) is 10. The summed E-state index contributed by atoms with van der Waals surface area (Å²) in [5.74, 6) is -0.924. The molecule has 0 unspecified atom stereocenters. The van der Waals surface area contributed by atoms with Gasteiger partial charge in [0.2, 0.25) is 11.8 Å². The molecule has 0 radical (unpaired) electrons. The Morgan fingerprint density at radius 3 is 2.64 bits per heavy atom. The highest BCUT2D eigenvalue weighted by Gasteiger charge is 2.49. The highest BCUT2D eigenvalue weighted by atomic mass is 32.1. The maximum absolute atomic E-state index is 14.4. The quantitative estimate of drug-likeness (QED) is 0.362. The molecular weight excluding hydrogens is 584 g/mol. The predicted octanol–water partition coefficient (Wildman–Crippen LogP) is 3.07. The summed E-state index contributed by atoms with van der Waals surface area (Å²) >= 11 is 1.54. The SMILES string of the molecule is COC(=O)C[C@H](NC(=O)[C@@H]1C[C@@H](O)CN1C(=O)[C@H]1n2nnc(C3CC3)c2COCC1(C)C)c1ccc(-c2scnc2C)cc1. The lowest BCUT2D eigenvalue weighted by atomic mass is 9.84. The van der Waals surface area contributed by atoms with Crippen molar-refractivity contribution in [2.24, 2.45) is 5.41 Å². The zero-order valence-corrected chi connectivity index (χ0v) is 26.2. The lowest BCUT2D eigenvalue weighted by molar-refractivity contribution is -0.146. The maximum Gasteiger partial charge on any atom is 0.307 e. The van der Waals surface area contributed by atoms with Crippen LogP contribution in [0.2, 0.25) is 0 Å². The fraction of sp³-hybridized carbons (Fsp3) is 0.548. The number of fused-ring (bicyclic) bond motifs is 1. The van der Waals surface area contributed by atoms with Gasteiger partial charge in [-0.25, -0.2) is 9.67 Å². The third kappa shape index (κ3) is 5.87. The van der Waals surface area contributed by atoms with Gasteiger partial charge in [-0.1, -0.05) is 43.3 Å². The Balaban J connectivity index is 1.25. The first-order chi connectivity index (χ1) is 21.1. The number of likely N-dealkylation sites (tertiary alicyclic amines) is 1. The number of aryl methyl sites for hydroxylation is 1. The lowest BCUT2D eigenvalue weighted by Gasteiger charge is -2.35. The average Bonchev–Trinajstić information content (AvgIpc) is 3.47. The van der Waals surface area contributed by atoms with Gasteiger partial charge in [-0.15, -0.1) is 16.4 Å². The fourth-order valence-corrected chi connectivity index (χ4v) is 7.10. The molecule has 12 nitrogen and oxygen atoms in total. The summed E-state index contributed by atoms with van der Waals surface area (Å²) in [5, 5.41) is 22.5. The van der Waals surface area contributed by atoms with E-state index in [9.17, 15) is 19.5 Å². The Bertz CT molecular complexity index is 1550. The number of esters is 1. The number of ether oxygens (including phenoxy) is 2. The van der Waals surface area contributed by atoms with Crippen LogP contribution in [0.1, 0.15) is 80.2 Å². The molecule has 2 fully saturated rings. The molecule has 6 rings (SSSR count). The average molecular weight is 623 g/mol. The van der Waals surface area contributed by atoms with Gasteiger partial charge in [0.1, 0.15) is 12.1 Å². The number of aromatic nitrogens is 4. The maximum atomic E-state index is 14.4. The van der Waals surface area contributed by atoms with Gasteiger partial charge in [0.05, 0.1) is 66.4 Å². The van der Waals surface area contributed by atoms with E-state index in [1.807, 2.05) is 45.0 Å². The molecule has 3 aromatic rings. The minimum Gasteiger partial charge on any atom is -0.469 e. The standard InChI is InChI=1S/C31H38N6O6S/c1-17-27(44-16-32-17)20-9-5-18(6-10-20)22(12-25(39)42-4)33-29(40)23-11-21(38)13-36(23)30(41)28-31(2,3)15-43-14-24-26(19-7-8-19)34-35-37(24)28/h5-6,9-10,16,19,21-23,28,38H,7-8,11-15H2,1-4H3,(H,33,40)/t21-,22+,23+,28-/m1/s1. The number of thiazole rings is 1. The Morgan fingerprint density at radius 1 is 1.23 bits per heavy atom. The molecule has 2 aromatic heterocycles. The molecule has 3 aliphatic rings. The van der Waals surface area contributed by atoms with Gasteiger partial charge in [0.15, 0.2) is 0 Å². The molecule has 2 N–H and O–H groups in total. The molecule has 1 saturated heterocycles. The van der Waals surface area contributed by atoms with Gasteiger partial charge in [0.25, 0.3) is 0 Å². The third-order valence-electron chi connectivity index (χ3n) is 8.82. The number of aliphatic hydroxyl groups is 1. The van der Waals surface area contributed by atoms with Crippen LogP contribution in [-0.4, -0.2) is 80.2 Å². The van der Waals surface area contributed by atoms with E-state index in [0.29, 0.717) is 24.7 Å². The third-order valence-corrected chi connectivity index (χ3v) is 9.79. The number of carbonyl (C=O) groups excluding carboxylic acids is 3. The van der Waals surface area contributed by atoms with E-state index in [4.69, 9.17) is 9.47 Å². The number of hydrogen-bond donors (Lipinski definition) is 2. The number of aliphatic hydroxyl groups excluding tert-OH is 1. The van der Waals surface area contributed by atoms with Crippen molar-refractivity contribution in [3.05, 3.63) is 52.4 Å². The Labute approximate surface area is 259 Å². The molecule has 4 heterocycles. The molecule has 0 spiro atoms. The van der Waals surface area contributed by atoms with Crippen molar-refractivity contribution >= 4 is 29.1 Å². The van der Waals surface area contributed by atoms with E-state index in [0.717, 1.165) is 40.4 Å². The summed E-state index contributed by atoms with van der Waals surface area (Å²) in [6.45, 7) is 6.47. The van der Waals surface area contributed by atoms with E-state index in [1.54, 1.807) is 21.5 Å². The highest BCUT2D eigenvalue weighted by molar-refractivity contribution is 7.13. The van der Waals surface area contributed by atoms with Gasteiger partial charge >= 0.3 is 5.97 Å². The summed E-state index contributed by atoms with van der Waals surface area (Å²) in [7, 11) is 1.30. The van der Waals surface area contributed by atoms with Crippen molar-refractivity contribution in [3.63, 3.8) is 0 Å². The summed E-state index contributed by atoms with van der Waals surface area (Å²) in [6, 6.07) is 5.19. The number of carbonyl (C=O) groups is 3. The monoisotopic (exact) mass is 622 g/mol. The van der Waals surface area contributed by atoms with Crippen LogP contribution in [0.25, 0.3) is 10.4 Å². The smallest absolute Gasteiger partial charge is 0.307 e. The number of nitrogens with zero attached hydrogens (tertiary/aromatic N) is 5. The number of methoxy groups -OCH3 is 1. The predicted molar refractivity (Wildman–Crippen MR) is 160 cm³/mol. The van der Waals surface area contributed by atoms with E-state index < -0.39 is 41.5 Å². The minimum absolute atomic E-state index is 0.00837. The lowest BCUT2D eigenvalue weighted by Crippen LogP contribution is -2.51. The fourth-order valence-electron chi connectivity index (χ4n) is 6.29. The van der Waals surface area contributed by atoms with E-state index in [2.05, 4.69) is 20.6 Å². The molecule has 2 amide bonds. The molecule has 13 heteroatoms. The van der Waals surface area contributed by atoms with Crippen molar-refractivity contribution in [1.82, 2.24) is 30.2 Å².